The summed E-state index contributed by atoms with van der Waals surface area (Å²) in [5, 5.41) is 9.61. The molecule has 71 valence electrons. The van der Waals surface area contributed by atoms with Gasteiger partial charge in [-0.05, 0) is 12.1 Å². The topological polar surface area (TPSA) is 52.5 Å². The molecule has 3 nitrogen and oxygen atoms in total. The first kappa shape index (κ1) is 8.17. The molecule has 3 heteroatoms. The second-order valence-electron chi connectivity index (χ2n) is 3.39. The SMILES string of the molecule is N=c1[c]cc2ccc3cccnc3c2[nH]1. The van der Waals surface area contributed by atoms with Gasteiger partial charge in [-0.25, -0.2) is 0 Å². The van der Waals surface area contributed by atoms with Gasteiger partial charge in [-0.3, -0.25) is 10.4 Å². The molecule has 1 aromatic carbocycles. The highest BCUT2D eigenvalue weighted by Crippen LogP contribution is 2.19. The van der Waals surface area contributed by atoms with Crippen molar-refractivity contribution in [2.24, 2.45) is 0 Å². The summed E-state index contributed by atoms with van der Waals surface area (Å²) in [5.74, 6) is 0. The highest BCUT2D eigenvalue weighted by molar-refractivity contribution is 6.02. The molecule has 0 unspecified atom stereocenters. The summed E-state index contributed by atoms with van der Waals surface area (Å²) in [6.45, 7) is 0. The molecule has 0 bridgehead atoms. The van der Waals surface area contributed by atoms with Crippen molar-refractivity contribution in [1.29, 1.82) is 5.41 Å². The molecule has 2 heterocycles. The number of aromatic nitrogens is 2. The van der Waals surface area contributed by atoms with Crippen molar-refractivity contribution in [2.45, 2.75) is 0 Å². The monoisotopic (exact) mass is 194 g/mol. The molecule has 0 saturated heterocycles. The minimum atomic E-state index is 0.278. The van der Waals surface area contributed by atoms with Crippen molar-refractivity contribution >= 4 is 21.8 Å². The second-order valence-corrected chi connectivity index (χ2v) is 3.39. The first-order valence-corrected chi connectivity index (χ1v) is 4.68. The number of fused-ring (bicyclic) bond motifs is 3. The average Bonchev–Trinajstić information content (AvgIpc) is 2.29. The fraction of sp³-hybridized carbons (Fsp3) is 0. The Labute approximate surface area is 85.9 Å². The summed E-state index contributed by atoms with van der Waals surface area (Å²) in [7, 11) is 0. The fourth-order valence-electron chi connectivity index (χ4n) is 1.72. The van der Waals surface area contributed by atoms with Crippen molar-refractivity contribution in [2.75, 3.05) is 0 Å². The number of hydrogen-bond donors (Lipinski definition) is 2. The largest absolute Gasteiger partial charge is 0.338 e. The smallest absolute Gasteiger partial charge is 0.130 e. The number of pyridine rings is 2. The van der Waals surface area contributed by atoms with Gasteiger partial charge in [-0.2, -0.15) is 0 Å². The van der Waals surface area contributed by atoms with Crippen LogP contribution in [0.4, 0.5) is 0 Å². The second kappa shape index (κ2) is 2.92. The van der Waals surface area contributed by atoms with E-state index in [0.29, 0.717) is 0 Å². The lowest BCUT2D eigenvalue weighted by molar-refractivity contribution is 1.13. The van der Waals surface area contributed by atoms with Crippen LogP contribution in [0.2, 0.25) is 0 Å². The van der Waals surface area contributed by atoms with Crippen molar-refractivity contribution in [3.05, 3.63) is 48.1 Å². The molecule has 0 amide bonds. The van der Waals surface area contributed by atoms with Crippen LogP contribution in [0.3, 0.4) is 0 Å². The number of nitrogens with one attached hydrogen (secondary N) is 2. The van der Waals surface area contributed by atoms with Crippen LogP contribution in [0.15, 0.2) is 36.5 Å². The first-order chi connectivity index (χ1) is 7.34. The van der Waals surface area contributed by atoms with E-state index in [0.717, 1.165) is 21.8 Å². The van der Waals surface area contributed by atoms with E-state index in [4.69, 9.17) is 5.41 Å². The first-order valence-electron chi connectivity index (χ1n) is 4.68. The van der Waals surface area contributed by atoms with E-state index in [9.17, 15) is 0 Å². The normalized spacial score (nSPS) is 10.9. The number of benzene rings is 1. The van der Waals surface area contributed by atoms with E-state index < -0.39 is 0 Å². The molecular formula is C12H8N3. The van der Waals surface area contributed by atoms with Crippen LogP contribution in [0.25, 0.3) is 21.8 Å². The summed E-state index contributed by atoms with van der Waals surface area (Å²) in [5.41, 5.74) is 2.08. The molecule has 0 aliphatic heterocycles. The van der Waals surface area contributed by atoms with Crippen LogP contribution in [-0.2, 0) is 0 Å². The van der Waals surface area contributed by atoms with Crippen molar-refractivity contribution in [1.82, 2.24) is 9.97 Å². The lowest BCUT2D eigenvalue weighted by Crippen LogP contribution is -2.03. The Morgan fingerprint density at radius 2 is 2.07 bits per heavy atom. The Balaban J connectivity index is 2.63. The zero-order valence-corrected chi connectivity index (χ0v) is 7.91. The van der Waals surface area contributed by atoms with Crippen LogP contribution in [0.1, 0.15) is 0 Å². The molecule has 3 rings (SSSR count). The maximum absolute atomic E-state index is 7.51. The Hall–Kier alpha value is -2.16. The summed E-state index contributed by atoms with van der Waals surface area (Å²) < 4.78 is 0. The summed E-state index contributed by atoms with van der Waals surface area (Å²) in [6.07, 6.45) is 1.76. The van der Waals surface area contributed by atoms with E-state index >= 15 is 0 Å². The Morgan fingerprint density at radius 1 is 1.20 bits per heavy atom. The third-order valence-electron chi connectivity index (χ3n) is 2.43. The lowest BCUT2D eigenvalue weighted by atomic mass is 10.1. The van der Waals surface area contributed by atoms with Gasteiger partial charge >= 0.3 is 0 Å². The van der Waals surface area contributed by atoms with Gasteiger partial charge in [0.1, 0.15) is 5.49 Å². The minimum absolute atomic E-state index is 0.278. The molecule has 15 heavy (non-hydrogen) atoms. The van der Waals surface area contributed by atoms with Gasteiger partial charge in [0.15, 0.2) is 0 Å². The van der Waals surface area contributed by atoms with Gasteiger partial charge < -0.3 is 4.98 Å². The van der Waals surface area contributed by atoms with E-state index in [-0.39, 0.29) is 5.49 Å². The molecule has 2 N–H and O–H groups in total. The van der Waals surface area contributed by atoms with Gasteiger partial charge in [0.05, 0.1) is 11.0 Å². The summed E-state index contributed by atoms with van der Waals surface area (Å²) in [6, 6.07) is 12.6. The van der Waals surface area contributed by atoms with Gasteiger partial charge in [-0.1, -0.05) is 18.2 Å². The maximum Gasteiger partial charge on any atom is 0.130 e. The number of hydrogen-bond acceptors (Lipinski definition) is 2. The summed E-state index contributed by atoms with van der Waals surface area (Å²) in [4.78, 5) is 7.30. The Morgan fingerprint density at radius 3 is 3.00 bits per heavy atom. The van der Waals surface area contributed by atoms with Crippen molar-refractivity contribution in [3.63, 3.8) is 0 Å². The lowest BCUT2D eigenvalue weighted by Gasteiger charge is -2.01. The number of H-pyrrole nitrogens is 1. The average molecular weight is 194 g/mol. The highest BCUT2D eigenvalue weighted by atomic mass is 14.8. The van der Waals surface area contributed by atoms with E-state index in [2.05, 4.69) is 16.0 Å². The minimum Gasteiger partial charge on any atom is -0.338 e. The molecule has 0 aliphatic rings. The summed E-state index contributed by atoms with van der Waals surface area (Å²) >= 11 is 0. The molecule has 0 aliphatic carbocycles. The predicted molar refractivity (Wildman–Crippen MR) is 58.3 cm³/mol. The number of nitrogens with zero attached hydrogens (tertiary/aromatic N) is 1. The Bertz CT molecular complexity index is 698. The fourth-order valence-corrected chi connectivity index (χ4v) is 1.72. The quantitative estimate of drug-likeness (QED) is 0.528. The molecule has 2 aromatic heterocycles. The highest BCUT2D eigenvalue weighted by Gasteiger charge is 2.00. The van der Waals surface area contributed by atoms with E-state index in [1.807, 2.05) is 30.3 Å². The molecule has 0 fully saturated rings. The molecule has 0 saturated carbocycles. The van der Waals surface area contributed by atoms with Crippen LogP contribution in [-0.4, -0.2) is 9.97 Å². The van der Waals surface area contributed by atoms with E-state index in [1.54, 1.807) is 6.20 Å². The maximum atomic E-state index is 7.51. The standard InChI is InChI=1S/C12H8N3/c13-10-6-5-9-4-3-8-2-1-7-14-11(8)12(9)15-10/h1-5,7H,(H2,13,15). The van der Waals surface area contributed by atoms with Crippen molar-refractivity contribution in [3.8, 4) is 0 Å². The van der Waals surface area contributed by atoms with Gasteiger partial charge in [0.2, 0.25) is 0 Å². The van der Waals surface area contributed by atoms with Crippen LogP contribution in [0, 0.1) is 11.5 Å². The molecular weight excluding hydrogens is 186 g/mol. The zero-order valence-electron chi connectivity index (χ0n) is 7.91. The third-order valence-corrected chi connectivity index (χ3v) is 2.43. The van der Waals surface area contributed by atoms with E-state index in [1.165, 1.54) is 0 Å². The number of aromatic amines is 1. The predicted octanol–water partition coefficient (Wildman–Crippen LogP) is 2.00. The van der Waals surface area contributed by atoms with Crippen LogP contribution in [0.5, 0.6) is 0 Å². The van der Waals surface area contributed by atoms with Crippen molar-refractivity contribution < 1.29 is 0 Å². The number of rotatable bonds is 0. The molecule has 1 radical (unpaired) electrons. The van der Waals surface area contributed by atoms with Gasteiger partial charge in [-0.15, -0.1) is 0 Å². The molecule has 0 atom stereocenters. The zero-order chi connectivity index (χ0) is 10.3. The Kier molecular flexibility index (Phi) is 1.59. The molecule has 3 aromatic rings. The van der Waals surface area contributed by atoms with Crippen LogP contribution < -0.4 is 5.49 Å². The van der Waals surface area contributed by atoms with Crippen LogP contribution >= 0.6 is 0 Å². The van der Waals surface area contributed by atoms with Gasteiger partial charge in [0.25, 0.3) is 0 Å². The third kappa shape index (κ3) is 1.21. The van der Waals surface area contributed by atoms with Gasteiger partial charge in [0, 0.05) is 23.0 Å². The molecule has 0 spiro atoms.